The molecule has 0 aliphatic carbocycles. The average Bonchev–Trinajstić information content (AvgIpc) is 2.57. The maximum absolute atomic E-state index is 12.2. The van der Waals surface area contributed by atoms with Crippen molar-refractivity contribution in [2.75, 3.05) is 13.2 Å². The fourth-order valence-electron chi connectivity index (χ4n) is 1.87. The lowest BCUT2D eigenvalue weighted by molar-refractivity contribution is -0.139. The maximum atomic E-state index is 12.2. The second kappa shape index (κ2) is 10.3. The molecule has 0 aromatic heterocycles. The van der Waals surface area contributed by atoms with E-state index in [4.69, 9.17) is 10.3 Å². The molecule has 0 aliphatic heterocycles. The van der Waals surface area contributed by atoms with Crippen LogP contribution in [0.5, 0.6) is 0 Å². The van der Waals surface area contributed by atoms with Crippen molar-refractivity contribution in [3.8, 4) is 0 Å². The average molecular weight is 325 g/mol. The van der Waals surface area contributed by atoms with Crippen molar-refractivity contribution in [3.05, 3.63) is 35.9 Å². The lowest BCUT2D eigenvalue weighted by Crippen LogP contribution is -2.40. The zero-order valence-electron chi connectivity index (χ0n) is 12.5. The largest absolute Gasteiger partial charge is 0.480 e. The first-order chi connectivity index (χ1) is 11.1. The second-order valence-corrected chi connectivity index (χ2v) is 4.80. The van der Waals surface area contributed by atoms with Gasteiger partial charge in [0.1, 0.15) is 12.7 Å². The van der Waals surface area contributed by atoms with Gasteiger partial charge in [-0.15, -0.1) is 0 Å². The van der Waals surface area contributed by atoms with Crippen LogP contribution in [0.15, 0.2) is 35.3 Å². The zero-order valence-corrected chi connectivity index (χ0v) is 12.5. The van der Waals surface area contributed by atoms with E-state index in [9.17, 15) is 14.0 Å². The Morgan fingerprint density at radius 1 is 1.22 bits per heavy atom. The van der Waals surface area contributed by atoms with Crippen LogP contribution >= 0.6 is 0 Å². The number of halogens is 1. The molecule has 7 nitrogen and oxygen atoms in total. The van der Waals surface area contributed by atoms with Gasteiger partial charge in [0.2, 0.25) is 0 Å². The van der Waals surface area contributed by atoms with E-state index in [0.717, 1.165) is 0 Å². The van der Waals surface area contributed by atoms with Gasteiger partial charge >= 0.3 is 5.97 Å². The van der Waals surface area contributed by atoms with Gasteiger partial charge < -0.3 is 10.4 Å². The number of nitrogens with one attached hydrogen (secondary N) is 2. The summed E-state index contributed by atoms with van der Waals surface area (Å²) in [5.41, 5.74) is 2.03. The number of hydrogen-bond donors (Lipinski definition) is 4. The van der Waals surface area contributed by atoms with Crippen molar-refractivity contribution in [1.29, 1.82) is 0 Å². The Kier molecular flexibility index (Phi) is 8.30. The number of alkyl halides is 1. The summed E-state index contributed by atoms with van der Waals surface area (Å²) >= 11 is 0. The number of nitrogens with zero attached hydrogens (tertiary/aromatic N) is 1. The third-order valence-corrected chi connectivity index (χ3v) is 3.10. The SMILES string of the molecule is O=C(NC(CCCCN=C(CF)NO)C(=O)O)c1ccccc1. The van der Waals surface area contributed by atoms with Crippen LogP contribution in [-0.2, 0) is 4.79 Å². The molecule has 1 aromatic carbocycles. The molecular formula is C15H20FN3O4. The number of aliphatic carboxylic acids is 1. The van der Waals surface area contributed by atoms with Crippen LogP contribution in [0, 0.1) is 0 Å². The molecule has 0 saturated carbocycles. The Balaban J connectivity index is 2.43. The molecule has 23 heavy (non-hydrogen) atoms. The van der Waals surface area contributed by atoms with Gasteiger partial charge in [-0.3, -0.25) is 20.5 Å². The van der Waals surface area contributed by atoms with E-state index in [1.54, 1.807) is 35.8 Å². The monoisotopic (exact) mass is 325 g/mol. The number of unbranched alkanes of at least 4 members (excludes halogenated alkanes) is 1. The first kappa shape index (κ1) is 18.6. The number of amidine groups is 1. The lowest BCUT2D eigenvalue weighted by Gasteiger charge is -2.14. The predicted molar refractivity (Wildman–Crippen MR) is 82.4 cm³/mol. The summed E-state index contributed by atoms with van der Waals surface area (Å²) in [6, 6.07) is 7.36. The summed E-state index contributed by atoms with van der Waals surface area (Å²) in [6.45, 7) is -0.646. The van der Waals surface area contributed by atoms with Crippen LogP contribution in [0.3, 0.4) is 0 Å². The minimum absolute atomic E-state index is 0.169. The van der Waals surface area contributed by atoms with E-state index < -0.39 is 24.6 Å². The fraction of sp³-hybridized carbons (Fsp3) is 0.400. The third kappa shape index (κ3) is 6.88. The molecule has 0 aliphatic rings. The molecule has 8 heteroatoms. The molecule has 0 radical (unpaired) electrons. The lowest BCUT2D eigenvalue weighted by atomic mass is 10.1. The Morgan fingerprint density at radius 3 is 2.48 bits per heavy atom. The van der Waals surface area contributed by atoms with Crippen LogP contribution in [0.25, 0.3) is 0 Å². The highest BCUT2D eigenvalue weighted by Crippen LogP contribution is 2.05. The van der Waals surface area contributed by atoms with E-state index in [-0.39, 0.29) is 18.8 Å². The van der Waals surface area contributed by atoms with Crippen LogP contribution in [0.1, 0.15) is 29.6 Å². The van der Waals surface area contributed by atoms with Crippen molar-refractivity contribution < 1.29 is 24.3 Å². The third-order valence-electron chi connectivity index (χ3n) is 3.10. The van der Waals surface area contributed by atoms with Crippen molar-refractivity contribution in [1.82, 2.24) is 10.8 Å². The van der Waals surface area contributed by atoms with Crippen molar-refractivity contribution in [2.24, 2.45) is 4.99 Å². The van der Waals surface area contributed by atoms with Crippen molar-refractivity contribution in [3.63, 3.8) is 0 Å². The first-order valence-electron chi connectivity index (χ1n) is 7.16. The van der Waals surface area contributed by atoms with Gasteiger partial charge in [0.15, 0.2) is 5.84 Å². The van der Waals surface area contributed by atoms with Crippen LogP contribution < -0.4 is 10.8 Å². The smallest absolute Gasteiger partial charge is 0.326 e. The van der Waals surface area contributed by atoms with E-state index >= 15 is 0 Å². The fourth-order valence-corrected chi connectivity index (χ4v) is 1.87. The Hall–Kier alpha value is -2.48. The molecule has 0 fully saturated rings. The predicted octanol–water partition coefficient (Wildman–Crippen LogP) is 1.39. The van der Waals surface area contributed by atoms with E-state index in [1.165, 1.54) is 0 Å². The molecule has 4 N–H and O–H groups in total. The highest BCUT2D eigenvalue weighted by atomic mass is 19.1. The van der Waals surface area contributed by atoms with Crippen molar-refractivity contribution >= 4 is 17.7 Å². The summed E-state index contributed by atoms with van der Waals surface area (Å²) < 4.78 is 12.2. The molecule has 0 bridgehead atoms. The summed E-state index contributed by atoms with van der Waals surface area (Å²) in [4.78, 5) is 26.9. The molecule has 0 saturated heterocycles. The molecule has 1 atom stereocenters. The topological polar surface area (TPSA) is 111 Å². The van der Waals surface area contributed by atoms with Crippen molar-refractivity contribution in [2.45, 2.75) is 25.3 Å². The van der Waals surface area contributed by atoms with Crippen LogP contribution in [0.2, 0.25) is 0 Å². The minimum Gasteiger partial charge on any atom is -0.480 e. The quantitative estimate of drug-likeness (QED) is 0.237. The second-order valence-electron chi connectivity index (χ2n) is 4.80. The van der Waals surface area contributed by atoms with Gasteiger partial charge in [-0.2, -0.15) is 0 Å². The number of aliphatic imine (C=N–C) groups is 1. The number of rotatable bonds is 9. The number of hydrogen-bond acceptors (Lipinski definition) is 4. The Bertz CT molecular complexity index is 531. The summed E-state index contributed by atoms with van der Waals surface area (Å²) in [5, 5.41) is 20.1. The van der Waals surface area contributed by atoms with Gasteiger partial charge in [0.05, 0.1) is 0 Å². The minimum atomic E-state index is -1.11. The highest BCUT2D eigenvalue weighted by Gasteiger charge is 2.19. The molecule has 126 valence electrons. The zero-order chi connectivity index (χ0) is 17.1. The van der Waals surface area contributed by atoms with E-state index in [2.05, 4.69) is 10.3 Å². The van der Waals surface area contributed by atoms with Gasteiger partial charge in [-0.05, 0) is 31.4 Å². The maximum Gasteiger partial charge on any atom is 0.326 e. The molecule has 0 heterocycles. The van der Waals surface area contributed by atoms with E-state index in [1.807, 2.05) is 0 Å². The molecule has 1 aromatic rings. The Labute approximate surface area is 133 Å². The number of benzene rings is 1. The number of carbonyl (C=O) groups excluding carboxylic acids is 1. The number of carboxylic acid groups (broad SMARTS) is 1. The number of carboxylic acids is 1. The molecular weight excluding hydrogens is 305 g/mol. The van der Waals surface area contributed by atoms with Crippen LogP contribution in [-0.4, -0.2) is 47.3 Å². The Morgan fingerprint density at radius 2 is 1.91 bits per heavy atom. The molecule has 0 spiro atoms. The first-order valence-corrected chi connectivity index (χ1v) is 7.16. The van der Waals surface area contributed by atoms with E-state index in [0.29, 0.717) is 18.4 Å². The number of carbonyl (C=O) groups is 2. The van der Waals surface area contributed by atoms with Gasteiger partial charge in [0, 0.05) is 12.1 Å². The van der Waals surface area contributed by atoms with Gasteiger partial charge in [-0.25, -0.2) is 9.18 Å². The molecule has 1 amide bonds. The van der Waals surface area contributed by atoms with Gasteiger partial charge in [0.25, 0.3) is 5.91 Å². The normalized spacial score (nSPS) is 12.5. The highest BCUT2D eigenvalue weighted by molar-refractivity contribution is 5.96. The van der Waals surface area contributed by atoms with Gasteiger partial charge in [-0.1, -0.05) is 18.2 Å². The summed E-state index contributed by atoms with van der Waals surface area (Å²) in [5.74, 6) is -1.73. The standard InChI is InChI=1S/C15H20FN3O4/c16-10-13(19-23)17-9-5-4-8-12(15(21)22)18-14(20)11-6-2-1-3-7-11/h1-3,6-7,12,23H,4-5,8-10H2,(H,17,19)(H,18,20)(H,21,22). The molecule has 1 unspecified atom stereocenters. The number of amides is 1. The number of hydroxylamine groups is 1. The summed E-state index contributed by atoms with van der Waals surface area (Å²) in [7, 11) is 0. The van der Waals surface area contributed by atoms with Crippen LogP contribution in [0.4, 0.5) is 4.39 Å². The molecule has 1 rings (SSSR count). The summed E-state index contributed by atoms with van der Waals surface area (Å²) in [6.07, 6.45) is 1.23.